The highest BCUT2D eigenvalue weighted by Crippen LogP contribution is 2.21. The van der Waals surface area contributed by atoms with Gasteiger partial charge in [0.15, 0.2) is 0 Å². The predicted octanol–water partition coefficient (Wildman–Crippen LogP) is 2.58. The van der Waals surface area contributed by atoms with Crippen molar-refractivity contribution in [3.05, 3.63) is 23.9 Å². The van der Waals surface area contributed by atoms with E-state index in [0.29, 0.717) is 6.04 Å². The molecule has 20 heavy (non-hydrogen) atoms. The van der Waals surface area contributed by atoms with Gasteiger partial charge in [-0.1, -0.05) is 6.92 Å². The van der Waals surface area contributed by atoms with Crippen molar-refractivity contribution in [1.82, 2.24) is 10.3 Å². The average molecular weight is 277 g/mol. The summed E-state index contributed by atoms with van der Waals surface area (Å²) < 4.78 is 5.22. The first-order chi connectivity index (χ1) is 9.74. The highest BCUT2D eigenvalue weighted by Gasteiger charge is 2.20. The third-order valence-corrected chi connectivity index (χ3v) is 3.94. The molecule has 1 unspecified atom stereocenters. The third-order valence-electron chi connectivity index (χ3n) is 3.94. The maximum Gasteiger partial charge on any atom is 0.129 e. The molecule has 0 saturated heterocycles. The summed E-state index contributed by atoms with van der Waals surface area (Å²) in [4.78, 5) is 6.88. The number of anilines is 1. The largest absolute Gasteiger partial charge is 0.383 e. The van der Waals surface area contributed by atoms with E-state index < -0.39 is 0 Å². The standard InChI is InChI=1S/C16H27N3O/c1-4-13(2)19(9-10-20-3)16-11-14(7-8-17-16)12-18-15-5-6-15/h7-8,11,13,15,18H,4-6,9-10,12H2,1-3H3. The van der Waals surface area contributed by atoms with Crippen LogP contribution in [0.25, 0.3) is 0 Å². The summed E-state index contributed by atoms with van der Waals surface area (Å²) in [7, 11) is 1.75. The van der Waals surface area contributed by atoms with E-state index in [4.69, 9.17) is 4.74 Å². The lowest BCUT2D eigenvalue weighted by atomic mass is 10.2. The summed E-state index contributed by atoms with van der Waals surface area (Å²) in [5.74, 6) is 1.06. The van der Waals surface area contributed by atoms with E-state index >= 15 is 0 Å². The number of rotatable bonds is 9. The molecule has 1 heterocycles. The molecule has 0 aliphatic heterocycles. The molecule has 1 aromatic heterocycles. The number of hydrogen-bond donors (Lipinski definition) is 1. The minimum Gasteiger partial charge on any atom is -0.383 e. The summed E-state index contributed by atoms with van der Waals surface area (Å²) in [5.41, 5.74) is 1.31. The molecule has 1 saturated carbocycles. The van der Waals surface area contributed by atoms with Crippen molar-refractivity contribution in [2.75, 3.05) is 25.2 Å². The van der Waals surface area contributed by atoms with Crippen LogP contribution in [0.2, 0.25) is 0 Å². The van der Waals surface area contributed by atoms with Crippen molar-refractivity contribution in [3.63, 3.8) is 0 Å². The number of pyridine rings is 1. The van der Waals surface area contributed by atoms with Crippen LogP contribution in [0.3, 0.4) is 0 Å². The lowest BCUT2D eigenvalue weighted by Gasteiger charge is -2.29. The average Bonchev–Trinajstić information content (AvgIpc) is 3.30. The lowest BCUT2D eigenvalue weighted by molar-refractivity contribution is 0.203. The fourth-order valence-corrected chi connectivity index (χ4v) is 2.25. The second-order valence-corrected chi connectivity index (χ2v) is 5.62. The molecule has 1 aliphatic carbocycles. The van der Waals surface area contributed by atoms with Crippen LogP contribution in [0.4, 0.5) is 5.82 Å². The first-order valence-corrected chi connectivity index (χ1v) is 7.68. The van der Waals surface area contributed by atoms with E-state index in [1.807, 2.05) is 6.20 Å². The van der Waals surface area contributed by atoms with Crippen LogP contribution in [0, 0.1) is 0 Å². The number of ether oxygens (including phenoxy) is 1. The van der Waals surface area contributed by atoms with Crippen LogP contribution in [0.5, 0.6) is 0 Å². The van der Waals surface area contributed by atoms with Crippen LogP contribution in [0.15, 0.2) is 18.3 Å². The molecule has 112 valence electrons. The summed E-state index contributed by atoms with van der Waals surface area (Å²) >= 11 is 0. The Hall–Kier alpha value is -1.13. The van der Waals surface area contributed by atoms with Crippen LogP contribution in [-0.4, -0.2) is 37.3 Å². The molecular formula is C16H27N3O. The van der Waals surface area contributed by atoms with E-state index in [9.17, 15) is 0 Å². The van der Waals surface area contributed by atoms with Crippen LogP contribution >= 0.6 is 0 Å². The van der Waals surface area contributed by atoms with E-state index in [-0.39, 0.29) is 0 Å². The Kier molecular flexibility index (Phi) is 5.80. The van der Waals surface area contributed by atoms with Gasteiger partial charge in [0.1, 0.15) is 5.82 Å². The van der Waals surface area contributed by atoms with Gasteiger partial charge in [0.25, 0.3) is 0 Å². The number of hydrogen-bond acceptors (Lipinski definition) is 4. The van der Waals surface area contributed by atoms with E-state index in [0.717, 1.165) is 38.0 Å². The molecule has 1 aromatic rings. The van der Waals surface area contributed by atoms with Gasteiger partial charge in [0.2, 0.25) is 0 Å². The Labute approximate surface area is 122 Å². The third kappa shape index (κ3) is 4.46. The maximum atomic E-state index is 5.22. The van der Waals surface area contributed by atoms with Crippen LogP contribution < -0.4 is 10.2 Å². The van der Waals surface area contributed by atoms with Gasteiger partial charge in [-0.15, -0.1) is 0 Å². The first-order valence-electron chi connectivity index (χ1n) is 7.68. The molecule has 2 rings (SSSR count). The number of methoxy groups -OCH3 is 1. The fraction of sp³-hybridized carbons (Fsp3) is 0.688. The van der Waals surface area contributed by atoms with Gasteiger partial charge in [-0.3, -0.25) is 0 Å². The normalized spacial score (nSPS) is 16.1. The highest BCUT2D eigenvalue weighted by molar-refractivity contribution is 5.42. The molecule has 1 atom stereocenters. The second-order valence-electron chi connectivity index (χ2n) is 5.62. The van der Waals surface area contributed by atoms with Gasteiger partial charge in [-0.05, 0) is 43.9 Å². The minimum atomic E-state index is 0.476. The SMILES string of the molecule is CCC(C)N(CCOC)c1cc(CNC2CC2)ccn1. The lowest BCUT2D eigenvalue weighted by Crippen LogP contribution is -2.36. The van der Waals surface area contributed by atoms with Gasteiger partial charge in [0.05, 0.1) is 6.61 Å². The van der Waals surface area contributed by atoms with Crippen molar-refractivity contribution >= 4 is 5.82 Å². The molecule has 0 spiro atoms. The van der Waals surface area contributed by atoms with Crippen molar-refractivity contribution < 1.29 is 4.74 Å². The summed E-state index contributed by atoms with van der Waals surface area (Å²) in [6.07, 6.45) is 5.67. The minimum absolute atomic E-state index is 0.476. The quantitative estimate of drug-likeness (QED) is 0.753. The molecule has 4 heteroatoms. The Balaban J connectivity index is 2.03. The summed E-state index contributed by atoms with van der Waals surface area (Å²) in [6, 6.07) is 5.52. The number of nitrogens with zero attached hydrogens (tertiary/aromatic N) is 2. The van der Waals surface area contributed by atoms with Crippen molar-refractivity contribution in [2.24, 2.45) is 0 Å². The molecular weight excluding hydrogens is 250 g/mol. The second kappa shape index (κ2) is 7.60. The van der Waals surface area contributed by atoms with E-state index in [1.54, 1.807) is 7.11 Å². The number of aromatic nitrogens is 1. The Morgan fingerprint density at radius 1 is 1.50 bits per heavy atom. The Morgan fingerprint density at radius 3 is 2.95 bits per heavy atom. The zero-order valence-corrected chi connectivity index (χ0v) is 12.9. The summed E-state index contributed by atoms with van der Waals surface area (Å²) in [6.45, 7) is 7.02. The van der Waals surface area contributed by atoms with Gasteiger partial charge in [-0.25, -0.2) is 4.98 Å². The van der Waals surface area contributed by atoms with Gasteiger partial charge in [0, 0.05) is 38.5 Å². The molecule has 0 bridgehead atoms. The fourth-order valence-electron chi connectivity index (χ4n) is 2.25. The van der Waals surface area contributed by atoms with Crippen molar-refractivity contribution in [2.45, 2.75) is 51.7 Å². The smallest absolute Gasteiger partial charge is 0.129 e. The molecule has 0 amide bonds. The number of nitrogens with one attached hydrogen (secondary N) is 1. The maximum absolute atomic E-state index is 5.22. The first kappa shape index (κ1) is 15.3. The predicted molar refractivity (Wildman–Crippen MR) is 83.1 cm³/mol. The Morgan fingerprint density at radius 2 is 2.30 bits per heavy atom. The zero-order chi connectivity index (χ0) is 14.4. The molecule has 0 aromatic carbocycles. The van der Waals surface area contributed by atoms with Crippen LogP contribution in [0.1, 0.15) is 38.7 Å². The Bertz CT molecular complexity index is 406. The van der Waals surface area contributed by atoms with Gasteiger partial charge >= 0.3 is 0 Å². The van der Waals surface area contributed by atoms with Gasteiger partial charge < -0.3 is 15.0 Å². The molecule has 1 aliphatic rings. The zero-order valence-electron chi connectivity index (χ0n) is 12.9. The molecule has 1 N–H and O–H groups in total. The van der Waals surface area contributed by atoms with Crippen LogP contribution in [-0.2, 0) is 11.3 Å². The highest BCUT2D eigenvalue weighted by atomic mass is 16.5. The van der Waals surface area contributed by atoms with Crippen molar-refractivity contribution in [3.8, 4) is 0 Å². The van der Waals surface area contributed by atoms with E-state index in [1.165, 1.54) is 18.4 Å². The van der Waals surface area contributed by atoms with Crippen molar-refractivity contribution in [1.29, 1.82) is 0 Å². The van der Waals surface area contributed by atoms with Gasteiger partial charge in [-0.2, -0.15) is 0 Å². The molecule has 4 nitrogen and oxygen atoms in total. The molecule has 0 radical (unpaired) electrons. The summed E-state index contributed by atoms with van der Waals surface area (Å²) in [5, 5.41) is 3.55. The monoisotopic (exact) mass is 277 g/mol. The van der Waals surface area contributed by atoms with E-state index in [2.05, 4.69) is 41.2 Å². The topological polar surface area (TPSA) is 37.4 Å². The molecule has 1 fully saturated rings.